The SMILES string of the molecule is CC(=O)OC1CC=C(C)C(CCC(C)=CCCC2=C(C)CCC3(C)CCC(C)(C)CC23)C1(C)C. The van der Waals surface area contributed by atoms with Gasteiger partial charge >= 0.3 is 5.97 Å². The molecular formula is C32H52O2. The number of carbonyl (C=O) groups excluding carboxylic acids is 1. The van der Waals surface area contributed by atoms with E-state index in [0.29, 0.717) is 16.7 Å². The van der Waals surface area contributed by atoms with Gasteiger partial charge in [0.05, 0.1) is 0 Å². The normalized spacial score (nSPS) is 33.3. The molecule has 3 aliphatic carbocycles. The van der Waals surface area contributed by atoms with Crippen molar-refractivity contribution in [2.45, 2.75) is 133 Å². The first-order chi connectivity index (χ1) is 15.7. The van der Waals surface area contributed by atoms with Crippen LogP contribution >= 0.6 is 0 Å². The largest absolute Gasteiger partial charge is 0.462 e. The number of hydrogen-bond donors (Lipinski definition) is 0. The lowest BCUT2D eigenvalue weighted by molar-refractivity contribution is -0.155. The second-order valence-corrected chi connectivity index (χ2v) is 13.7. The Labute approximate surface area is 210 Å². The molecule has 2 heteroatoms. The summed E-state index contributed by atoms with van der Waals surface area (Å²) in [5.74, 6) is 1.08. The smallest absolute Gasteiger partial charge is 0.302 e. The Morgan fingerprint density at radius 1 is 1.09 bits per heavy atom. The second kappa shape index (κ2) is 10.4. The van der Waals surface area contributed by atoms with Crippen LogP contribution in [0, 0.1) is 28.1 Å². The van der Waals surface area contributed by atoms with Crippen LogP contribution in [0.5, 0.6) is 0 Å². The summed E-state index contributed by atoms with van der Waals surface area (Å²) in [5.41, 5.74) is 7.45. The van der Waals surface area contributed by atoms with Crippen molar-refractivity contribution in [1.82, 2.24) is 0 Å². The average molecular weight is 469 g/mol. The van der Waals surface area contributed by atoms with Crippen molar-refractivity contribution in [2.24, 2.45) is 28.1 Å². The number of rotatable bonds is 7. The molecule has 0 saturated heterocycles. The Bertz CT molecular complexity index is 852. The lowest BCUT2D eigenvalue weighted by Crippen LogP contribution is -2.42. The fraction of sp³-hybridized carbons (Fsp3) is 0.781. The van der Waals surface area contributed by atoms with Gasteiger partial charge in [-0.2, -0.15) is 0 Å². The van der Waals surface area contributed by atoms with Gasteiger partial charge in [0.1, 0.15) is 6.10 Å². The molecule has 0 aliphatic heterocycles. The minimum atomic E-state index is -0.161. The summed E-state index contributed by atoms with van der Waals surface area (Å²) in [7, 11) is 0. The van der Waals surface area contributed by atoms with Gasteiger partial charge < -0.3 is 4.74 Å². The molecule has 0 bridgehead atoms. The van der Waals surface area contributed by atoms with Crippen LogP contribution in [0.2, 0.25) is 0 Å². The molecule has 0 aromatic carbocycles. The lowest BCUT2D eigenvalue weighted by atomic mass is 9.53. The first kappa shape index (κ1) is 27.3. The maximum atomic E-state index is 11.6. The van der Waals surface area contributed by atoms with Crippen LogP contribution < -0.4 is 0 Å². The quantitative estimate of drug-likeness (QED) is 0.275. The van der Waals surface area contributed by atoms with E-state index in [2.05, 4.69) is 67.5 Å². The molecule has 0 amide bonds. The molecule has 1 fully saturated rings. The Hall–Kier alpha value is -1.31. The molecule has 192 valence electrons. The van der Waals surface area contributed by atoms with Gasteiger partial charge in [0.2, 0.25) is 0 Å². The summed E-state index contributed by atoms with van der Waals surface area (Å²) in [6, 6.07) is 0. The fourth-order valence-corrected chi connectivity index (χ4v) is 7.36. The predicted octanol–water partition coefficient (Wildman–Crippen LogP) is 9.36. The molecule has 0 heterocycles. The summed E-state index contributed by atoms with van der Waals surface area (Å²) < 4.78 is 5.70. The first-order valence-corrected chi connectivity index (χ1v) is 13.9. The monoisotopic (exact) mass is 468 g/mol. The van der Waals surface area contributed by atoms with Crippen LogP contribution in [0.1, 0.15) is 127 Å². The van der Waals surface area contributed by atoms with Crippen molar-refractivity contribution in [3.05, 3.63) is 34.4 Å². The molecule has 0 spiro atoms. The molecule has 0 N–H and O–H groups in total. The third-order valence-corrected chi connectivity index (χ3v) is 9.98. The Morgan fingerprint density at radius 2 is 1.79 bits per heavy atom. The average Bonchev–Trinajstić information content (AvgIpc) is 2.73. The number of hydrogen-bond acceptors (Lipinski definition) is 2. The summed E-state index contributed by atoms with van der Waals surface area (Å²) in [5, 5.41) is 0. The maximum Gasteiger partial charge on any atom is 0.302 e. The molecule has 0 radical (unpaired) electrons. The van der Waals surface area contributed by atoms with Gasteiger partial charge in [-0.25, -0.2) is 0 Å². The zero-order chi connectivity index (χ0) is 25.3. The molecule has 34 heavy (non-hydrogen) atoms. The van der Waals surface area contributed by atoms with Crippen LogP contribution in [0.15, 0.2) is 34.4 Å². The van der Waals surface area contributed by atoms with E-state index in [9.17, 15) is 4.79 Å². The molecule has 0 aromatic heterocycles. The van der Waals surface area contributed by atoms with E-state index < -0.39 is 0 Å². The van der Waals surface area contributed by atoms with Crippen molar-refractivity contribution in [3.63, 3.8) is 0 Å². The lowest BCUT2D eigenvalue weighted by Gasteiger charge is -2.52. The van der Waals surface area contributed by atoms with Gasteiger partial charge in [-0.1, -0.05) is 69.1 Å². The summed E-state index contributed by atoms with van der Waals surface area (Å²) in [6.45, 7) is 20.6. The van der Waals surface area contributed by atoms with Gasteiger partial charge in [-0.15, -0.1) is 0 Å². The van der Waals surface area contributed by atoms with E-state index >= 15 is 0 Å². The Kier molecular flexibility index (Phi) is 8.31. The van der Waals surface area contributed by atoms with E-state index in [4.69, 9.17) is 4.74 Å². The summed E-state index contributed by atoms with van der Waals surface area (Å²) in [4.78, 5) is 11.6. The highest BCUT2D eigenvalue weighted by atomic mass is 16.5. The van der Waals surface area contributed by atoms with E-state index in [0.717, 1.165) is 25.2 Å². The van der Waals surface area contributed by atoms with Crippen LogP contribution in [0.3, 0.4) is 0 Å². The molecule has 2 nitrogen and oxygen atoms in total. The molecular weight excluding hydrogens is 416 g/mol. The van der Waals surface area contributed by atoms with Crippen LogP contribution in [-0.2, 0) is 9.53 Å². The molecule has 0 aromatic rings. The van der Waals surface area contributed by atoms with E-state index in [1.807, 2.05) is 0 Å². The van der Waals surface area contributed by atoms with E-state index in [1.54, 1.807) is 11.1 Å². The topological polar surface area (TPSA) is 26.3 Å². The number of esters is 1. The number of ether oxygens (including phenoxy) is 1. The van der Waals surface area contributed by atoms with Gasteiger partial charge in [0.25, 0.3) is 0 Å². The molecule has 4 atom stereocenters. The second-order valence-electron chi connectivity index (χ2n) is 13.7. The van der Waals surface area contributed by atoms with Crippen molar-refractivity contribution in [3.8, 4) is 0 Å². The highest BCUT2D eigenvalue weighted by molar-refractivity contribution is 5.66. The Morgan fingerprint density at radius 3 is 2.47 bits per heavy atom. The predicted molar refractivity (Wildman–Crippen MR) is 145 cm³/mol. The summed E-state index contributed by atoms with van der Waals surface area (Å²) in [6.07, 6.45) is 17.1. The van der Waals surface area contributed by atoms with Crippen LogP contribution in [0.4, 0.5) is 0 Å². The standard InChI is InChI=1S/C32H52O2/c1-22(13-15-27-24(3)14-16-29(31(27,7)8)34-25(4)33)11-10-12-26-23(2)17-18-32(9)20-19-30(5,6)21-28(26)32/h11,14,27-29H,10,12-13,15-21H2,1-9H3. The van der Waals surface area contributed by atoms with E-state index in [-0.39, 0.29) is 17.5 Å². The maximum absolute atomic E-state index is 11.6. The molecule has 3 aliphatic rings. The fourth-order valence-electron chi connectivity index (χ4n) is 7.36. The zero-order valence-corrected chi connectivity index (χ0v) is 23.8. The van der Waals surface area contributed by atoms with Crippen LogP contribution in [-0.4, -0.2) is 12.1 Å². The Balaban J connectivity index is 1.61. The number of allylic oxidation sites excluding steroid dienone is 5. The van der Waals surface area contributed by atoms with Crippen molar-refractivity contribution < 1.29 is 9.53 Å². The molecule has 1 saturated carbocycles. The number of fused-ring (bicyclic) bond motifs is 1. The van der Waals surface area contributed by atoms with Crippen molar-refractivity contribution >= 4 is 5.97 Å². The van der Waals surface area contributed by atoms with Gasteiger partial charge in [0, 0.05) is 18.8 Å². The van der Waals surface area contributed by atoms with Gasteiger partial charge in [0.15, 0.2) is 0 Å². The van der Waals surface area contributed by atoms with E-state index in [1.165, 1.54) is 63.0 Å². The minimum absolute atomic E-state index is 0.0155. The van der Waals surface area contributed by atoms with Crippen molar-refractivity contribution in [1.29, 1.82) is 0 Å². The highest BCUT2D eigenvalue weighted by Crippen LogP contribution is 2.57. The zero-order valence-electron chi connectivity index (χ0n) is 23.8. The van der Waals surface area contributed by atoms with Crippen molar-refractivity contribution in [2.75, 3.05) is 0 Å². The number of carbonyl (C=O) groups is 1. The van der Waals surface area contributed by atoms with Gasteiger partial charge in [-0.3, -0.25) is 4.79 Å². The van der Waals surface area contributed by atoms with Gasteiger partial charge in [-0.05, 0) is 101 Å². The molecule has 3 rings (SSSR count). The third-order valence-electron chi connectivity index (χ3n) is 9.98. The molecule has 4 unspecified atom stereocenters. The summed E-state index contributed by atoms with van der Waals surface area (Å²) >= 11 is 0. The minimum Gasteiger partial charge on any atom is -0.462 e. The first-order valence-electron chi connectivity index (χ1n) is 13.9. The highest BCUT2D eigenvalue weighted by Gasteiger charge is 2.46. The van der Waals surface area contributed by atoms with Crippen LogP contribution in [0.25, 0.3) is 0 Å². The third kappa shape index (κ3) is 6.08.